The van der Waals surface area contributed by atoms with Crippen LogP contribution in [0.5, 0.6) is 0 Å². The fourth-order valence-electron chi connectivity index (χ4n) is 1.55. The number of methoxy groups -OCH3 is 1. The van der Waals surface area contributed by atoms with Gasteiger partial charge in [-0.25, -0.2) is 0 Å². The molecule has 0 atom stereocenters. The predicted octanol–water partition coefficient (Wildman–Crippen LogP) is 2.73. The number of allylic oxidation sites excluding steroid dienone is 1. The van der Waals surface area contributed by atoms with E-state index in [1.54, 1.807) is 7.11 Å². The molecule has 1 aliphatic rings. The molecule has 0 amide bonds. The largest absolute Gasteiger partial charge is 0.497 e. The van der Waals surface area contributed by atoms with E-state index >= 15 is 0 Å². The van der Waals surface area contributed by atoms with E-state index in [9.17, 15) is 0 Å². The van der Waals surface area contributed by atoms with Crippen molar-refractivity contribution in [1.82, 2.24) is 0 Å². The van der Waals surface area contributed by atoms with Crippen LogP contribution in [0, 0.1) is 0 Å². The quantitative estimate of drug-likeness (QED) is 0.724. The first-order valence-corrected chi connectivity index (χ1v) is 4.31. The predicted molar refractivity (Wildman–Crippen MR) is 51.0 cm³/mol. The van der Waals surface area contributed by atoms with Crippen LogP contribution in [0.4, 0.5) is 0 Å². The molecule has 0 unspecified atom stereocenters. The molecule has 0 saturated heterocycles. The van der Waals surface area contributed by atoms with Gasteiger partial charge >= 0.3 is 0 Å². The monoisotopic (exact) mass is 196 g/mol. The van der Waals surface area contributed by atoms with Gasteiger partial charge in [0, 0.05) is 12.0 Å². The Labute approximate surface area is 81.9 Å². The molecular weight excluding hydrogens is 188 g/mol. The molecule has 0 spiro atoms. The molecule has 2 nitrogen and oxygen atoms in total. The summed E-state index contributed by atoms with van der Waals surface area (Å²) in [5.74, 6) is 1.43. The standard InChI is InChI=1S/C10H9ClO2/c1-12-9-6-7-4-2-3-5-8(7)10(9)13-11/h2-5H,6H2,1H3. The molecular formula is C10H9ClO2. The van der Waals surface area contributed by atoms with Crippen LogP contribution in [0.3, 0.4) is 0 Å². The molecule has 13 heavy (non-hydrogen) atoms. The molecule has 0 saturated carbocycles. The van der Waals surface area contributed by atoms with E-state index in [2.05, 4.69) is 0 Å². The van der Waals surface area contributed by atoms with Crippen molar-refractivity contribution in [3.8, 4) is 0 Å². The summed E-state index contributed by atoms with van der Waals surface area (Å²) in [4.78, 5) is 0. The Bertz CT molecular complexity index is 358. The van der Waals surface area contributed by atoms with Crippen molar-refractivity contribution in [3.63, 3.8) is 0 Å². The molecule has 0 heterocycles. The van der Waals surface area contributed by atoms with Crippen LogP contribution in [0.1, 0.15) is 11.1 Å². The summed E-state index contributed by atoms with van der Waals surface area (Å²) >= 11 is 5.37. The Balaban J connectivity index is 2.48. The SMILES string of the molecule is COC1=C(OCl)c2ccccc2C1. The lowest BCUT2D eigenvalue weighted by atomic mass is 10.1. The number of fused-ring (bicyclic) bond motifs is 1. The maximum atomic E-state index is 5.37. The smallest absolute Gasteiger partial charge is 0.191 e. The molecule has 0 N–H and O–H groups in total. The summed E-state index contributed by atoms with van der Waals surface area (Å²) in [6.07, 6.45) is 0.759. The average molecular weight is 197 g/mol. The van der Waals surface area contributed by atoms with E-state index < -0.39 is 0 Å². The maximum Gasteiger partial charge on any atom is 0.191 e. The highest BCUT2D eigenvalue weighted by atomic mass is 35.5. The first-order valence-electron chi connectivity index (χ1n) is 4.01. The Kier molecular flexibility index (Phi) is 2.15. The lowest BCUT2D eigenvalue weighted by Gasteiger charge is -2.01. The Morgan fingerprint density at radius 1 is 1.31 bits per heavy atom. The molecule has 0 aliphatic heterocycles. The van der Waals surface area contributed by atoms with Crippen molar-refractivity contribution in [2.45, 2.75) is 6.42 Å². The van der Waals surface area contributed by atoms with Gasteiger partial charge in [-0.2, -0.15) is 0 Å². The van der Waals surface area contributed by atoms with E-state index in [1.165, 1.54) is 5.56 Å². The van der Waals surface area contributed by atoms with Crippen molar-refractivity contribution in [3.05, 3.63) is 41.2 Å². The van der Waals surface area contributed by atoms with Gasteiger partial charge in [-0.15, -0.1) is 0 Å². The van der Waals surface area contributed by atoms with Crippen LogP contribution in [0.2, 0.25) is 0 Å². The summed E-state index contributed by atoms with van der Waals surface area (Å²) < 4.78 is 9.94. The van der Waals surface area contributed by atoms with Gasteiger partial charge < -0.3 is 9.03 Å². The average Bonchev–Trinajstić information content (AvgIpc) is 2.55. The lowest BCUT2D eigenvalue weighted by molar-refractivity contribution is 0.279. The minimum atomic E-state index is 0.639. The van der Waals surface area contributed by atoms with Crippen LogP contribution in [0.15, 0.2) is 30.0 Å². The van der Waals surface area contributed by atoms with E-state index in [-0.39, 0.29) is 0 Å². The summed E-state index contributed by atoms with van der Waals surface area (Å²) in [6, 6.07) is 7.95. The van der Waals surface area contributed by atoms with Crippen LogP contribution < -0.4 is 0 Å². The molecule has 68 valence electrons. The third-order valence-electron chi connectivity index (χ3n) is 2.19. The van der Waals surface area contributed by atoms with Gasteiger partial charge in [0.15, 0.2) is 5.76 Å². The van der Waals surface area contributed by atoms with E-state index in [0.717, 1.165) is 17.7 Å². The third kappa shape index (κ3) is 1.27. The number of halogens is 1. The van der Waals surface area contributed by atoms with E-state index in [4.69, 9.17) is 20.9 Å². The zero-order valence-electron chi connectivity index (χ0n) is 7.21. The molecule has 0 aromatic heterocycles. The second-order valence-electron chi connectivity index (χ2n) is 2.87. The Morgan fingerprint density at radius 2 is 2.08 bits per heavy atom. The van der Waals surface area contributed by atoms with Gasteiger partial charge in [0.2, 0.25) is 0 Å². The minimum Gasteiger partial charge on any atom is -0.497 e. The number of hydrogen-bond acceptors (Lipinski definition) is 2. The summed E-state index contributed by atoms with van der Waals surface area (Å²) in [5, 5.41) is 0. The molecule has 1 aromatic rings. The highest BCUT2D eigenvalue weighted by Crippen LogP contribution is 2.34. The van der Waals surface area contributed by atoms with Crippen LogP contribution in [-0.2, 0) is 15.4 Å². The van der Waals surface area contributed by atoms with Gasteiger partial charge in [0.05, 0.1) is 7.11 Å². The van der Waals surface area contributed by atoms with Crippen molar-refractivity contribution in [2.24, 2.45) is 0 Å². The van der Waals surface area contributed by atoms with Gasteiger partial charge in [-0.05, 0) is 5.56 Å². The Morgan fingerprint density at radius 3 is 2.77 bits per heavy atom. The molecule has 1 aromatic carbocycles. The second kappa shape index (κ2) is 3.30. The van der Waals surface area contributed by atoms with Gasteiger partial charge in [0.25, 0.3) is 0 Å². The normalized spacial score (nSPS) is 14.3. The lowest BCUT2D eigenvalue weighted by Crippen LogP contribution is -1.87. The minimum absolute atomic E-state index is 0.639. The van der Waals surface area contributed by atoms with E-state index in [1.807, 2.05) is 24.3 Å². The number of benzene rings is 1. The highest BCUT2D eigenvalue weighted by molar-refractivity contribution is 6.10. The summed E-state index contributed by atoms with van der Waals surface area (Å²) in [6.45, 7) is 0. The number of rotatable bonds is 2. The Hall–Kier alpha value is -1.15. The van der Waals surface area contributed by atoms with E-state index in [0.29, 0.717) is 5.76 Å². The molecule has 0 radical (unpaired) electrons. The van der Waals surface area contributed by atoms with Crippen molar-refractivity contribution >= 4 is 17.6 Å². The topological polar surface area (TPSA) is 18.5 Å². The zero-order chi connectivity index (χ0) is 9.26. The molecule has 0 bridgehead atoms. The van der Waals surface area contributed by atoms with Crippen LogP contribution in [-0.4, -0.2) is 7.11 Å². The first kappa shape index (κ1) is 8.45. The number of hydrogen-bond donors (Lipinski definition) is 0. The molecule has 0 fully saturated rings. The second-order valence-corrected chi connectivity index (χ2v) is 3.02. The van der Waals surface area contributed by atoms with Crippen LogP contribution >= 0.6 is 11.9 Å². The summed E-state index contributed by atoms with van der Waals surface area (Å²) in [7, 11) is 1.62. The zero-order valence-corrected chi connectivity index (χ0v) is 7.97. The molecule has 2 rings (SSSR count). The summed E-state index contributed by atoms with van der Waals surface area (Å²) in [5.41, 5.74) is 2.21. The fraction of sp³-hybridized carbons (Fsp3) is 0.200. The highest BCUT2D eigenvalue weighted by Gasteiger charge is 2.23. The van der Waals surface area contributed by atoms with Crippen molar-refractivity contribution < 1.29 is 9.03 Å². The molecule has 3 heteroatoms. The van der Waals surface area contributed by atoms with Gasteiger partial charge in [0.1, 0.15) is 17.6 Å². The number of ether oxygens (including phenoxy) is 1. The molecule has 1 aliphatic carbocycles. The van der Waals surface area contributed by atoms with Gasteiger partial charge in [-0.3, -0.25) is 0 Å². The first-order chi connectivity index (χ1) is 6.36. The fourth-order valence-corrected chi connectivity index (χ4v) is 1.72. The maximum absolute atomic E-state index is 5.37. The van der Waals surface area contributed by atoms with Gasteiger partial charge in [-0.1, -0.05) is 24.3 Å². The third-order valence-corrected chi connectivity index (χ3v) is 2.34. The van der Waals surface area contributed by atoms with Crippen LogP contribution in [0.25, 0.3) is 5.76 Å². The van der Waals surface area contributed by atoms with Crippen molar-refractivity contribution in [1.29, 1.82) is 0 Å². The van der Waals surface area contributed by atoms with Crippen molar-refractivity contribution in [2.75, 3.05) is 7.11 Å².